The molecule has 4 N–H and O–H groups in total. The Labute approximate surface area is 231 Å². The molecule has 41 heavy (non-hydrogen) atoms. The van der Waals surface area contributed by atoms with Crippen molar-refractivity contribution in [1.29, 1.82) is 0 Å². The highest BCUT2D eigenvalue weighted by atomic mass is 32.2. The first-order chi connectivity index (χ1) is 19.3. The number of sulfone groups is 1. The second-order valence-electron chi connectivity index (χ2n) is 10.4. The van der Waals surface area contributed by atoms with Gasteiger partial charge < -0.3 is 15.7 Å². The van der Waals surface area contributed by atoms with E-state index in [4.69, 9.17) is 10.7 Å². The molecule has 0 saturated carbocycles. The number of amides is 1. The van der Waals surface area contributed by atoms with Gasteiger partial charge in [0.2, 0.25) is 0 Å². The number of nitrogens with zero attached hydrogens (tertiary/aromatic N) is 6. The molecule has 2 aliphatic heterocycles. The molecular formula is C25H25F3N8O4S. The number of aliphatic hydroxyl groups is 1. The van der Waals surface area contributed by atoms with E-state index in [-0.39, 0.29) is 46.0 Å². The average molecular weight is 591 g/mol. The average Bonchev–Trinajstić information content (AvgIpc) is 3.65. The van der Waals surface area contributed by atoms with Gasteiger partial charge in [-0.2, -0.15) is 27.9 Å². The van der Waals surface area contributed by atoms with Crippen molar-refractivity contribution in [3.63, 3.8) is 0 Å². The number of carbonyl (C=O) groups is 1. The van der Waals surface area contributed by atoms with Crippen LogP contribution in [0.3, 0.4) is 0 Å². The maximum atomic E-state index is 13.1. The van der Waals surface area contributed by atoms with Crippen molar-refractivity contribution in [2.45, 2.75) is 60.9 Å². The predicted molar refractivity (Wildman–Crippen MR) is 138 cm³/mol. The number of nitrogens with two attached hydrogens (primary N) is 1. The Kier molecular flexibility index (Phi) is 6.29. The molecule has 2 fully saturated rings. The van der Waals surface area contributed by atoms with Gasteiger partial charge in [-0.3, -0.25) is 14.9 Å². The van der Waals surface area contributed by atoms with Crippen LogP contribution in [0.25, 0.3) is 16.8 Å². The van der Waals surface area contributed by atoms with E-state index in [1.807, 2.05) is 4.90 Å². The van der Waals surface area contributed by atoms with Crippen molar-refractivity contribution >= 4 is 27.2 Å². The number of piperidine rings is 1. The molecule has 2 aliphatic rings. The third kappa shape index (κ3) is 4.60. The molecule has 4 aromatic rings. The number of hydrogen-bond acceptors (Lipinski definition) is 9. The van der Waals surface area contributed by atoms with Gasteiger partial charge in [0.05, 0.1) is 17.6 Å². The molecule has 6 heterocycles. The predicted octanol–water partition coefficient (Wildman–Crippen LogP) is 2.65. The number of anilines is 1. The number of fused-ring (bicyclic) bond motifs is 3. The summed E-state index contributed by atoms with van der Waals surface area (Å²) in [6, 6.07) is 3.73. The highest BCUT2D eigenvalue weighted by molar-refractivity contribution is 7.91. The summed E-state index contributed by atoms with van der Waals surface area (Å²) in [5.41, 5.74) is 7.37. The summed E-state index contributed by atoms with van der Waals surface area (Å²) in [7, 11) is -3.86. The lowest BCUT2D eigenvalue weighted by Crippen LogP contribution is -2.46. The minimum atomic E-state index is -4.87. The maximum Gasteiger partial charge on any atom is 0.420 e. The van der Waals surface area contributed by atoms with Gasteiger partial charge in [-0.25, -0.2) is 13.4 Å². The van der Waals surface area contributed by atoms with Crippen molar-refractivity contribution in [3.05, 3.63) is 53.9 Å². The Balaban J connectivity index is 1.40. The first-order valence-electron chi connectivity index (χ1n) is 12.7. The third-order valence-corrected chi connectivity index (χ3v) is 8.97. The molecule has 2 saturated heterocycles. The molecule has 3 unspecified atom stereocenters. The molecule has 4 aromatic heterocycles. The van der Waals surface area contributed by atoms with Gasteiger partial charge in [-0.05, 0) is 37.8 Å². The SMILES string of the molecule is CS(=O)(=O)c1c(C2CC3CCC(C2)N3C(=O)c2ccn[nH]2)nc2c(-c3ccc(C(O)C(F)(F)F)nc3)cnn2c1N. The smallest absolute Gasteiger partial charge is 0.382 e. The highest BCUT2D eigenvalue weighted by Gasteiger charge is 2.46. The lowest BCUT2D eigenvalue weighted by atomic mass is 9.87. The number of hydrogen-bond donors (Lipinski definition) is 3. The Hall–Kier alpha value is -4.05. The van der Waals surface area contributed by atoms with Crippen molar-refractivity contribution in [3.8, 4) is 11.1 Å². The number of aromatic amines is 1. The first-order valence-corrected chi connectivity index (χ1v) is 14.6. The molecule has 2 bridgehead atoms. The largest absolute Gasteiger partial charge is 0.420 e. The number of aliphatic hydroxyl groups excluding tert-OH is 1. The zero-order valence-corrected chi connectivity index (χ0v) is 22.4. The molecule has 12 nitrogen and oxygen atoms in total. The lowest BCUT2D eigenvalue weighted by molar-refractivity contribution is -0.207. The Morgan fingerprint density at radius 2 is 1.88 bits per heavy atom. The Morgan fingerprint density at radius 3 is 2.44 bits per heavy atom. The van der Waals surface area contributed by atoms with E-state index in [2.05, 4.69) is 20.3 Å². The fourth-order valence-corrected chi connectivity index (χ4v) is 7.08. The summed E-state index contributed by atoms with van der Waals surface area (Å²) >= 11 is 0. The van der Waals surface area contributed by atoms with Crippen LogP contribution in [0.1, 0.15) is 59.6 Å². The number of H-pyrrole nitrogens is 1. The summed E-state index contributed by atoms with van der Waals surface area (Å²) < 4.78 is 65.8. The molecule has 1 amide bonds. The van der Waals surface area contributed by atoms with Crippen LogP contribution in [0.2, 0.25) is 0 Å². The van der Waals surface area contributed by atoms with Gasteiger partial charge in [0.25, 0.3) is 5.91 Å². The van der Waals surface area contributed by atoms with Gasteiger partial charge in [0.15, 0.2) is 21.6 Å². The minimum Gasteiger partial charge on any atom is -0.382 e. The number of halogens is 3. The van der Waals surface area contributed by atoms with Crippen LogP contribution in [-0.4, -0.2) is 78.6 Å². The van der Waals surface area contributed by atoms with Crippen molar-refractivity contribution < 1.29 is 31.5 Å². The summed E-state index contributed by atoms with van der Waals surface area (Å²) in [5, 5.41) is 20.3. The molecule has 0 spiro atoms. The van der Waals surface area contributed by atoms with E-state index in [1.165, 1.54) is 23.0 Å². The minimum absolute atomic E-state index is 0.137. The van der Waals surface area contributed by atoms with Gasteiger partial charge >= 0.3 is 6.18 Å². The standard InChI is InChI=1S/C25H25F3N8O4S/c1-41(39,40)20-19(13-8-14-3-4-15(9-13)35(14)24(38)18-6-7-31-34-18)33-23-16(11-32-36(23)22(20)29)12-2-5-17(30-10-12)21(37)25(26,27)28/h2,5-7,10-11,13-15,21,37H,3-4,8-9,29H2,1H3,(H,31,34). The third-order valence-electron chi connectivity index (χ3n) is 7.81. The second-order valence-corrected chi connectivity index (χ2v) is 12.4. The Morgan fingerprint density at radius 1 is 1.17 bits per heavy atom. The number of nitrogens with one attached hydrogen (secondary N) is 1. The van der Waals surface area contributed by atoms with Crippen LogP contribution in [0, 0.1) is 0 Å². The van der Waals surface area contributed by atoms with E-state index < -0.39 is 27.8 Å². The molecule has 0 radical (unpaired) electrons. The fraction of sp³-hybridized carbons (Fsp3) is 0.400. The normalized spacial score (nSPS) is 21.9. The zero-order chi connectivity index (χ0) is 29.3. The van der Waals surface area contributed by atoms with Crippen LogP contribution in [0.5, 0.6) is 0 Å². The molecule has 3 atom stereocenters. The summed E-state index contributed by atoms with van der Waals surface area (Å²) in [4.78, 5) is 23.3. The molecular weight excluding hydrogens is 565 g/mol. The molecule has 6 rings (SSSR count). The number of carbonyl (C=O) groups excluding carboxylic acids is 1. The quantitative estimate of drug-likeness (QED) is 0.316. The molecule has 216 valence electrons. The summed E-state index contributed by atoms with van der Waals surface area (Å²) in [6.45, 7) is 0. The lowest BCUT2D eigenvalue weighted by Gasteiger charge is -2.39. The van der Waals surface area contributed by atoms with E-state index in [9.17, 15) is 31.5 Å². The topological polar surface area (TPSA) is 172 Å². The summed E-state index contributed by atoms with van der Waals surface area (Å²) in [5.74, 6) is -0.635. The van der Waals surface area contributed by atoms with Crippen molar-refractivity contribution in [1.82, 2.24) is 34.7 Å². The number of pyridine rings is 1. The van der Waals surface area contributed by atoms with Crippen molar-refractivity contribution in [2.75, 3.05) is 12.0 Å². The van der Waals surface area contributed by atoms with Crippen LogP contribution < -0.4 is 5.73 Å². The van der Waals surface area contributed by atoms with Gasteiger partial charge in [0, 0.05) is 47.8 Å². The Bertz CT molecular complexity index is 1730. The molecule has 16 heteroatoms. The second kappa shape index (κ2) is 9.51. The van der Waals surface area contributed by atoms with Gasteiger partial charge in [-0.15, -0.1) is 0 Å². The van der Waals surface area contributed by atoms with E-state index in [0.717, 1.165) is 31.4 Å². The van der Waals surface area contributed by atoms with Crippen LogP contribution in [0.15, 0.2) is 41.7 Å². The van der Waals surface area contributed by atoms with Crippen molar-refractivity contribution in [2.24, 2.45) is 0 Å². The monoisotopic (exact) mass is 590 g/mol. The number of aromatic nitrogens is 6. The highest BCUT2D eigenvalue weighted by Crippen LogP contribution is 2.45. The fourth-order valence-electron chi connectivity index (χ4n) is 6.02. The van der Waals surface area contributed by atoms with E-state index in [1.54, 1.807) is 6.07 Å². The number of rotatable bonds is 5. The molecule has 0 aliphatic carbocycles. The number of alkyl halides is 3. The zero-order valence-electron chi connectivity index (χ0n) is 21.6. The number of nitrogen functional groups attached to an aromatic ring is 1. The van der Waals surface area contributed by atoms with Crippen LogP contribution in [-0.2, 0) is 9.84 Å². The van der Waals surface area contributed by atoms with Gasteiger partial charge in [0.1, 0.15) is 16.4 Å². The maximum absolute atomic E-state index is 13.1. The summed E-state index contributed by atoms with van der Waals surface area (Å²) in [6.07, 6.45) is -0.0765. The van der Waals surface area contributed by atoms with Crippen LogP contribution in [0.4, 0.5) is 19.0 Å². The molecule has 0 aromatic carbocycles. The van der Waals surface area contributed by atoms with E-state index >= 15 is 0 Å². The van der Waals surface area contributed by atoms with Crippen LogP contribution >= 0.6 is 0 Å². The first kappa shape index (κ1) is 27.1. The van der Waals surface area contributed by atoms with E-state index in [0.29, 0.717) is 29.7 Å². The van der Waals surface area contributed by atoms with Gasteiger partial charge in [-0.1, -0.05) is 6.07 Å².